The largest absolute Gasteiger partial charge is 0.380 e. The maximum absolute atomic E-state index is 5.34. The number of ether oxygens (including phenoxy) is 1. The molecular formula is C13H17N3O. The van der Waals surface area contributed by atoms with Crippen LogP contribution in [0.2, 0.25) is 0 Å². The molecule has 0 fully saturated rings. The van der Waals surface area contributed by atoms with Gasteiger partial charge >= 0.3 is 0 Å². The lowest BCUT2D eigenvalue weighted by Crippen LogP contribution is -2.22. The molecule has 1 unspecified atom stereocenters. The van der Waals surface area contributed by atoms with Crippen LogP contribution in [0.15, 0.2) is 30.5 Å². The fourth-order valence-electron chi connectivity index (χ4n) is 1.60. The van der Waals surface area contributed by atoms with Crippen LogP contribution in [0.25, 0.3) is 10.9 Å². The van der Waals surface area contributed by atoms with Crippen LogP contribution < -0.4 is 5.32 Å². The molecule has 90 valence electrons. The van der Waals surface area contributed by atoms with Gasteiger partial charge in [0, 0.05) is 24.2 Å². The first-order valence-corrected chi connectivity index (χ1v) is 5.85. The SMILES string of the molecule is CCOCC(C)Nc1ncc2ccccc2n1. The molecule has 1 atom stereocenters. The van der Waals surface area contributed by atoms with Crippen LogP contribution >= 0.6 is 0 Å². The summed E-state index contributed by atoms with van der Waals surface area (Å²) in [5.74, 6) is 0.649. The number of nitrogens with one attached hydrogen (secondary N) is 1. The van der Waals surface area contributed by atoms with Crippen molar-refractivity contribution in [2.24, 2.45) is 0 Å². The number of nitrogens with zero attached hydrogens (tertiary/aromatic N) is 2. The lowest BCUT2D eigenvalue weighted by molar-refractivity contribution is 0.141. The van der Waals surface area contributed by atoms with Gasteiger partial charge in [0.1, 0.15) is 0 Å². The first-order valence-electron chi connectivity index (χ1n) is 5.85. The average molecular weight is 231 g/mol. The molecule has 1 aromatic carbocycles. The summed E-state index contributed by atoms with van der Waals surface area (Å²) in [6.45, 7) is 5.42. The molecule has 4 heteroatoms. The van der Waals surface area contributed by atoms with E-state index in [4.69, 9.17) is 4.74 Å². The van der Waals surface area contributed by atoms with Crippen molar-refractivity contribution in [3.8, 4) is 0 Å². The van der Waals surface area contributed by atoms with E-state index in [2.05, 4.69) is 15.3 Å². The lowest BCUT2D eigenvalue weighted by atomic mass is 10.2. The van der Waals surface area contributed by atoms with Gasteiger partial charge in [0.05, 0.1) is 12.1 Å². The number of aromatic nitrogens is 2. The summed E-state index contributed by atoms with van der Waals surface area (Å²) < 4.78 is 5.34. The molecule has 2 aromatic rings. The Kier molecular flexibility index (Phi) is 3.88. The van der Waals surface area contributed by atoms with E-state index in [0.717, 1.165) is 17.5 Å². The van der Waals surface area contributed by atoms with Gasteiger partial charge in [-0.2, -0.15) is 0 Å². The number of hydrogen-bond acceptors (Lipinski definition) is 4. The molecule has 0 aliphatic heterocycles. The van der Waals surface area contributed by atoms with Crippen molar-refractivity contribution in [3.05, 3.63) is 30.5 Å². The number of fused-ring (bicyclic) bond motifs is 1. The summed E-state index contributed by atoms with van der Waals surface area (Å²) in [5, 5.41) is 4.27. The van der Waals surface area contributed by atoms with Gasteiger partial charge in [0.25, 0.3) is 0 Å². The Hall–Kier alpha value is -1.68. The second-order valence-corrected chi connectivity index (χ2v) is 3.96. The number of para-hydroxylation sites is 1. The minimum absolute atomic E-state index is 0.205. The Bertz CT molecular complexity index is 487. The zero-order valence-electron chi connectivity index (χ0n) is 10.2. The summed E-state index contributed by atoms with van der Waals surface area (Å²) >= 11 is 0. The minimum atomic E-state index is 0.205. The molecule has 0 saturated carbocycles. The predicted molar refractivity (Wildman–Crippen MR) is 69.1 cm³/mol. The van der Waals surface area contributed by atoms with Crippen molar-refractivity contribution < 1.29 is 4.74 Å². The van der Waals surface area contributed by atoms with Crippen LogP contribution in [0.3, 0.4) is 0 Å². The molecule has 0 saturated heterocycles. The third-order valence-electron chi connectivity index (χ3n) is 2.44. The molecule has 1 N–H and O–H groups in total. The van der Waals surface area contributed by atoms with Crippen LogP contribution in [-0.2, 0) is 4.74 Å². The molecule has 0 aliphatic carbocycles. The maximum Gasteiger partial charge on any atom is 0.223 e. The van der Waals surface area contributed by atoms with Gasteiger partial charge in [-0.05, 0) is 19.9 Å². The second-order valence-electron chi connectivity index (χ2n) is 3.96. The van der Waals surface area contributed by atoms with Gasteiger partial charge in [-0.15, -0.1) is 0 Å². The zero-order valence-corrected chi connectivity index (χ0v) is 10.2. The molecule has 0 amide bonds. The topological polar surface area (TPSA) is 47.0 Å². The molecule has 1 heterocycles. The van der Waals surface area contributed by atoms with E-state index in [9.17, 15) is 0 Å². The Balaban J connectivity index is 2.08. The average Bonchev–Trinajstić information content (AvgIpc) is 2.36. The van der Waals surface area contributed by atoms with Crippen LogP contribution in [-0.4, -0.2) is 29.2 Å². The van der Waals surface area contributed by atoms with Gasteiger partial charge in [0.2, 0.25) is 5.95 Å². The van der Waals surface area contributed by atoms with Gasteiger partial charge < -0.3 is 10.1 Å². The normalized spacial score (nSPS) is 12.6. The fourth-order valence-corrected chi connectivity index (χ4v) is 1.60. The Morgan fingerprint density at radius 3 is 3.00 bits per heavy atom. The lowest BCUT2D eigenvalue weighted by Gasteiger charge is -2.13. The third-order valence-corrected chi connectivity index (χ3v) is 2.44. The Morgan fingerprint density at radius 1 is 1.35 bits per heavy atom. The van der Waals surface area contributed by atoms with Crippen molar-refractivity contribution in [2.75, 3.05) is 18.5 Å². The van der Waals surface area contributed by atoms with E-state index in [1.165, 1.54) is 0 Å². The fraction of sp³-hybridized carbons (Fsp3) is 0.385. The van der Waals surface area contributed by atoms with Crippen molar-refractivity contribution >= 4 is 16.9 Å². The van der Waals surface area contributed by atoms with Crippen molar-refractivity contribution in [3.63, 3.8) is 0 Å². The molecule has 1 aromatic heterocycles. The van der Waals surface area contributed by atoms with Crippen LogP contribution in [0, 0.1) is 0 Å². The first kappa shape index (κ1) is 11.8. The summed E-state index contributed by atoms with van der Waals surface area (Å²) in [6, 6.07) is 8.15. The van der Waals surface area contributed by atoms with E-state index >= 15 is 0 Å². The standard InChI is InChI=1S/C13H17N3O/c1-3-17-9-10(2)15-13-14-8-11-6-4-5-7-12(11)16-13/h4-8,10H,3,9H2,1-2H3,(H,14,15,16). The molecule has 4 nitrogen and oxygen atoms in total. The van der Waals surface area contributed by atoms with Gasteiger partial charge in [-0.25, -0.2) is 9.97 Å². The smallest absolute Gasteiger partial charge is 0.223 e. The highest BCUT2D eigenvalue weighted by Crippen LogP contribution is 2.12. The van der Waals surface area contributed by atoms with Gasteiger partial charge in [-0.3, -0.25) is 0 Å². The summed E-state index contributed by atoms with van der Waals surface area (Å²) in [6.07, 6.45) is 1.83. The van der Waals surface area contributed by atoms with E-state index in [-0.39, 0.29) is 6.04 Å². The van der Waals surface area contributed by atoms with Crippen LogP contribution in [0.4, 0.5) is 5.95 Å². The first-order chi connectivity index (χ1) is 8.29. The number of anilines is 1. The van der Waals surface area contributed by atoms with Gasteiger partial charge in [0.15, 0.2) is 0 Å². The molecule has 0 spiro atoms. The van der Waals surface area contributed by atoms with E-state index in [1.807, 2.05) is 44.3 Å². The number of rotatable bonds is 5. The summed E-state index contributed by atoms with van der Waals surface area (Å²) in [7, 11) is 0. The maximum atomic E-state index is 5.34. The minimum Gasteiger partial charge on any atom is -0.380 e. The molecular weight excluding hydrogens is 214 g/mol. The van der Waals surface area contributed by atoms with Crippen molar-refractivity contribution in [1.29, 1.82) is 0 Å². The van der Waals surface area contributed by atoms with E-state index < -0.39 is 0 Å². The molecule has 0 bridgehead atoms. The third kappa shape index (κ3) is 3.14. The predicted octanol–water partition coefficient (Wildman–Crippen LogP) is 2.47. The quantitative estimate of drug-likeness (QED) is 0.858. The highest BCUT2D eigenvalue weighted by molar-refractivity contribution is 5.78. The summed E-state index contributed by atoms with van der Waals surface area (Å²) in [4.78, 5) is 8.72. The Labute approximate surface area is 101 Å². The number of hydrogen-bond donors (Lipinski definition) is 1. The zero-order chi connectivity index (χ0) is 12.1. The van der Waals surface area contributed by atoms with E-state index in [0.29, 0.717) is 12.6 Å². The second kappa shape index (κ2) is 5.59. The van der Waals surface area contributed by atoms with Crippen molar-refractivity contribution in [2.45, 2.75) is 19.9 Å². The highest BCUT2D eigenvalue weighted by atomic mass is 16.5. The molecule has 0 radical (unpaired) electrons. The molecule has 17 heavy (non-hydrogen) atoms. The number of benzene rings is 1. The van der Waals surface area contributed by atoms with E-state index in [1.54, 1.807) is 0 Å². The van der Waals surface area contributed by atoms with Crippen molar-refractivity contribution in [1.82, 2.24) is 9.97 Å². The van der Waals surface area contributed by atoms with Crippen LogP contribution in [0.1, 0.15) is 13.8 Å². The highest BCUT2D eigenvalue weighted by Gasteiger charge is 2.04. The monoisotopic (exact) mass is 231 g/mol. The Morgan fingerprint density at radius 2 is 2.18 bits per heavy atom. The molecule has 0 aliphatic rings. The summed E-state index contributed by atoms with van der Waals surface area (Å²) in [5.41, 5.74) is 0.952. The van der Waals surface area contributed by atoms with Crippen LogP contribution in [0.5, 0.6) is 0 Å². The molecule has 2 rings (SSSR count). The van der Waals surface area contributed by atoms with Gasteiger partial charge in [-0.1, -0.05) is 18.2 Å².